The summed E-state index contributed by atoms with van der Waals surface area (Å²) in [4.78, 5) is 14.7. The highest BCUT2D eigenvalue weighted by atomic mass is 16.5. The van der Waals surface area contributed by atoms with Gasteiger partial charge in [0.1, 0.15) is 6.61 Å². The zero-order valence-electron chi connectivity index (χ0n) is 15.0. The number of hydrogen-bond acceptors (Lipinski definition) is 4. The Bertz CT molecular complexity index is 961. The fourth-order valence-electron chi connectivity index (χ4n) is 3.34. The van der Waals surface area contributed by atoms with Gasteiger partial charge in [0.15, 0.2) is 0 Å². The molecule has 5 nitrogen and oxygen atoms in total. The van der Waals surface area contributed by atoms with E-state index in [1.165, 1.54) is 11.1 Å². The van der Waals surface area contributed by atoms with E-state index in [1.54, 1.807) is 16.9 Å². The Labute approximate surface area is 152 Å². The smallest absolute Gasteiger partial charge is 0.338 e. The van der Waals surface area contributed by atoms with Crippen LogP contribution in [0, 0.1) is 0 Å². The van der Waals surface area contributed by atoms with E-state index >= 15 is 0 Å². The van der Waals surface area contributed by atoms with Crippen molar-refractivity contribution in [3.8, 4) is 11.1 Å². The standard InChI is InChI=1S/C21H21N3O2/c1-23-11-18-7-6-15(8-19(18)12-23)14-26-21(25)17-5-3-4-16(9-17)20-10-22-24(2)13-20/h3-10,13H,11-12,14H2,1-2H3. The second-order valence-corrected chi connectivity index (χ2v) is 6.83. The van der Waals surface area contributed by atoms with Crippen molar-refractivity contribution < 1.29 is 9.53 Å². The maximum atomic E-state index is 12.4. The minimum Gasteiger partial charge on any atom is -0.457 e. The summed E-state index contributed by atoms with van der Waals surface area (Å²) in [5.74, 6) is -0.312. The highest BCUT2D eigenvalue weighted by Gasteiger charge is 2.16. The summed E-state index contributed by atoms with van der Waals surface area (Å²) >= 11 is 0. The van der Waals surface area contributed by atoms with Crippen molar-refractivity contribution in [1.82, 2.24) is 14.7 Å². The third-order valence-corrected chi connectivity index (χ3v) is 4.66. The number of nitrogens with zero attached hydrogens (tertiary/aromatic N) is 3. The molecular formula is C21H21N3O2. The van der Waals surface area contributed by atoms with Crippen LogP contribution >= 0.6 is 0 Å². The van der Waals surface area contributed by atoms with E-state index in [2.05, 4.69) is 29.2 Å². The van der Waals surface area contributed by atoms with Gasteiger partial charge in [-0.3, -0.25) is 9.58 Å². The van der Waals surface area contributed by atoms with Gasteiger partial charge in [-0.15, -0.1) is 0 Å². The second kappa shape index (κ2) is 6.77. The maximum Gasteiger partial charge on any atom is 0.338 e. The van der Waals surface area contributed by atoms with Crippen LogP contribution in [0.25, 0.3) is 11.1 Å². The van der Waals surface area contributed by atoms with Gasteiger partial charge in [-0.25, -0.2) is 4.79 Å². The van der Waals surface area contributed by atoms with E-state index < -0.39 is 0 Å². The molecule has 132 valence electrons. The van der Waals surface area contributed by atoms with Gasteiger partial charge in [0.2, 0.25) is 0 Å². The van der Waals surface area contributed by atoms with E-state index in [0.717, 1.165) is 29.8 Å². The summed E-state index contributed by atoms with van der Waals surface area (Å²) in [6.45, 7) is 2.22. The van der Waals surface area contributed by atoms with Crippen molar-refractivity contribution in [2.75, 3.05) is 7.05 Å². The minimum absolute atomic E-state index is 0.285. The third kappa shape index (κ3) is 3.39. The lowest BCUT2D eigenvalue weighted by Gasteiger charge is -2.08. The summed E-state index contributed by atoms with van der Waals surface area (Å²) < 4.78 is 7.27. The van der Waals surface area contributed by atoms with Crippen molar-refractivity contribution in [3.63, 3.8) is 0 Å². The summed E-state index contributed by atoms with van der Waals surface area (Å²) in [7, 11) is 3.98. The number of fused-ring (bicyclic) bond motifs is 1. The molecule has 0 fully saturated rings. The van der Waals surface area contributed by atoms with Crippen molar-refractivity contribution in [2.45, 2.75) is 19.7 Å². The Hall–Kier alpha value is -2.92. The Morgan fingerprint density at radius 3 is 2.73 bits per heavy atom. The van der Waals surface area contributed by atoms with E-state index in [0.29, 0.717) is 5.56 Å². The fourth-order valence-corrected chi connectivity index (χ4v) is 3.34. The predicted molar refractivity (Wildman–Crippen MR) is 99.4 cm³/mol. The lowest BCUT2D eigenvalue weighted by atomic mass is 10.1. The number of aryl methyl sites for hydroxylation is 1. The number of carbonyl (C=O) groups excluding carboxylic acids is 1. The number of ether oxygens (including phenoxy) is 1. The molecule has 0 aliphatic carbocycles. The molecule has 0 radical (unpaired) electrons. The van der Waals surface area contributed by atoms with E-state index in [-0.39, 0.29) is 12.6 Å². The normalized spacial score (nSPS) is 13.6. The molecule has 0 saturated carbocycles. The average molecular weight is 347 g/mol. The molecule has 0 saturated heterocycles. The van der Waals surface area contributed by atoms with Crippen LogP contribution in [0.1, 0.15) is 27.0 Å². The number of benzene rings is 2. The first-order valence-electron chi connectivity index (χ1n) is 8.64. The van der Waals surface area contributed by atoms with Gasteiger partial charge in [0.05, 0.1) is 11.8 Å². The SMILES string of the molecule is CN1Cc2ccc(COC(=O)c3cccc(-c4cnn(C)c4)c3)cc2C1. The molecule has 4 rings (SSSR count). The van der Waals surface area contributed by atoms with Gasteiger partial charge in [-0.2, -0.15) is 5.10 Å². The molecule has 1 aliphatic heterocycles. The molecule has 1 aromatic heterocycles. The van der Waals surface area contributed by atoms with Crippen LogP contribution < -0.4 is 0 Å². The molecule has 1 aliphatic rings. The third-order valence-electron chi connectivity index (χ3n) is 4.66. The monoisotopic (exact) mass is 347 g/mol. The van der Waals surface area contributed by atoms with Gasteiger partial charge in [-0.1, -0.05) is 30.3 Å². The van der Waals surface area contributed by atoms with Gasteiger partial charge < -0.3 is 4.74 Å². The predicted octanol–water partition coefficient (Wildman–Crippen LogP) is 3.39. The first-order valence-corrected chi connectivity index (χ1v) is 8.64. The summed E-state index contributed by atoms with van der Waals surface area (Å²) in [5, 5.41) is 4.17. The van der Waals surface area contributed by atoms with Crippen LogP contribution in [-0.2, 0) is 31.5 Å². The largest absolute Gasteiger partial charge is 0.457 e. The zero-order chi connectivity index (χ0) is 18.1. The number of aromatic nitrogens is 2. The Kier molecular flexibility index (Phi) is 4.31. The van der Waals surface area contributed by atoms with Crippen LogP contribution in [0.4, 0.5) is 0 Å². The fraction of sp³-hybridized carbons (Fsp3) is 0.238. The minimum atomic E-state index is -0.312. The lowest BCUT2D eigenvalue weighted by Crippen LogP contribution is -2.07. The molecule has 26 heavy (non-hydrogen) atoms. The van der Waals surface area contributed by atoms with Crippen LogP contribution in [0.5, 0.6) is 0 Å². The van der Waals surface area contributed by atoms with Crippen LogP contribution in [0.2, 0.25) is 0 Å². The summed E-state index contributed by atoms with van der Waals surface area (Å²) in [5.41, 5.74) is 6.17. The van der Waals surface area contributed by atoms with Crippen LogP contribution in [0.15, 0.2) is 54.9 Å². The second-order valence-electron chi connectivity index (χ2n) is 6.83. The molecule has 5 heteroatoms. The highest BCUT2D eigenvalue weighted by molar-refractivity contribution is 5.91. The molecule has 0 atom stereocenters. The van der Waals surface area contributed by atoms with Crippen LogP contribution in [-0.4, -0.2) is 27.7 Å². The van der Waals surface area contributed by atoms with Gasteiger partial charge in [0, 0.05) is 31.9 Å². The molecule has 0 bridgehead atoms. The molecule has 0 N–H and O–H groups in total. The van der Waals surface area contributed by atoms with E-state index in [1.807, 2.05) is 37.5 Å². The van der Waals surface area contributed by atoms with Gasteiger partial charge >= 0.3 is 5.97 Å². The number of esters is 1. The molecule has 0 amide bonds. The molecule has 0 unspecified atom stereocenters. The Balaban J connectivity index is 1.45. The van der Waals surface area contributed by atoms with E-state index in [9.17, 15) is 4.79 Å². The Morgan fingerprint density at radius 1 is 1.08 bits per heavy atom. The van der Waals surface area contributed by atoms with Gasteiger partial charge in [0.25, 0.3) is 0 Å². The van der Waals surface area contributed by atoms with Gasteiger partial charge in [-0.05, 0) is 41.4 Å². The summed E-state index contributed by atoms with van der Waals surface area (Å²) in [6, 6.07) is 13.8. The average Bonchev–Trinajstić information content (AvgIpc) is 3.24. The molecular weight excluding hydrogens is 326 g/mol. The van der Waals surface area contributed by atoms with E-state index in [4.69, 9.17) is 4.74 Å². The van der Waals surface area contributed by atoms with Crippen molar-refractivity contribution in [3.05, 3.63) is 77.1 Å². The number of carbonyl (C=O) groups is 1. The maximum absolute atomic E-state index is 12.4. The van der Waals surface area contributed by atoms with Crippen molar-refractivity contribution >= 4 is 5.97 Å². The zero-order valence-corrected chi connectivity index (χ0v) is 15.0. The lowest BCUT2D eigenvalue weighted by molar-refractivity contribution is 0.0472. The molecule has 3 aromatic rings. The highest BCUT2D eigenvalue weighted by Crippen LogP contribution is 2.23. The molecule has 2 aromatic carbocycles. The van der Waals surface area contributed by atoms with Crippen molar-refractivity contribution in [1.29, 1.82) is 0 Å². The molecule has 2 heterocycles. The summed E-state index contributed by atoms with van der Waals surface area (Å²) in [6.07, 6.45) is 3.71. The number of hydrogen-bond donors (Lipinski definition) is 0. The molecule has 0 spiro atoms. The van der Waals surface area contributed by atoms with Crippen molar-refractivity contribution in [2.24, 2.45) is 7.05 Å². The quantitative estimate of drug-likeness (QED) is 0.679. The first-order chi connectivity index (χ1) is 12.6. The van der Waals surface area contributed by atoms with Crippen LogP contribution in [0.3, 0.4) is 0 Å². The first kappa shape index (κ1) is 16.5. The topological polar surface area (TPSA) is 47.4 Å². The number of rotatable bonds is 4. The Morgan fingerprint density at radius 2 is 1.92 bits per heavy atom.